The van der Waals surface area contributed by atoms with Crippen molar-refractivity contribution in [3.8, 4) is 5.69 Å². The van der Waals surface area contributed by atoms with E-state index in [4.69, 9.17) is 11.6 Å². The van der Waals surface area contributed by atoms with Crippen LogP contribution in [0.3, 0.4) is 0 Å². The molecule has 0 amide bonds. The van der Waals surface area contributed by atoms with Crippen molar-refractivity contribution < 1.29 is 0 Å². The molecule has 0 aliphatic rings. The number of hydrogen-bond donors (Lipinski definition) is 1. The van der Waals surface area contributed by atoms with Crippen molar-refractivity contribution >= 4 is 17.3 Å². The summed E-state index contributed by atoms with van der Waals surface area (Å²) >= 11 is 6.27. The highest BCUT2D eigenvalue weighted by molar-refractivity contribution is 6.31. The summed E-state index contributed by atoms with van der Waals surface area (Å²) in [5, 5.41) is 4.02. The average Bonchev–Trinajstić information content (AvgIpc) is 2.79. The van der Waals surface area contributed by atoms with Crippen molar-refractivity contribution in [2.24, 2.45) is 7.05 Å². The molecule has 5 heteroatoms. The van der Waals surface area contributed by atoms with Gasteiger partial charge in [0, 0.05) is 12.1 Å². The molecule has 0 fully saturated rings. The second-order valence-corrected chi connectivity index (χ2v) is 6.23. The first kappa shape index (κ1) is 16.4. The van der Waals surface area contributed by atoms with Crippen molar-refractivity contribution in [2.75, 3.05) is 5.32 Å². The van der Waals surface area contributed by atoms with Gasteiger partial charge in [0.25, 0.3) is 5.56 Å². The van der Waals surface area contributed by atoms with Gasteiger partial charge in [-0.3, -0.25) is 9.48 Å². The monoisotopic (exact) mass is 341 g/mol. The van der Waals surface area contributed by atoms with E-state index in [1.165, 1.54) is 0 Å². The Labute approximate surface area is 146 Å². The van der Waals surface area contributed by atoms with Gasteiger partial charge in [-0.15, -0.1) is 0 Å². The number of nitrogens with one attached hydrogen (secondary N) is 1. The van der Waals surface area contributed by atoms with Gasteiger partial charge in [0.1, 0.15) is 5.69 Å². The number of aromatic nitrogens is 2. The molecule has 0 spiro atoms. The number of anilines is 1. The highest BCUT2D eigenvalue weighted by Crippen LogP contribution is 2.26. The zero-order chi connectivity index (χ0) is 17.3. The maximum absolute atomic E-state index is 12.9. The summed E-state index contributed by atoms with van der Waals surface area (Å²) in [6.45, 7) is 3.93. The van der Waals surface area contributed by atoms with E-state index in [-0.39, 0.29) is 11.6 Å². The molecule has 4 nitrogen and oxygen atoms in total. The minimum Gasteiger partial charge on any atom is -0.372 e. The molecule has 0 aliphatic carbocycles. The summed E-state index contributed by atoms with van der Waals surface area (Å²) < 4.78 is 3.52. The zero-order valence-corrected chi connectivity index (χ0v) is 14.7. The largest absolute Gasteiger partial charge is 0.372 e. The van der Waals surface area contributed by atoms with E-state index in [9.17, 15) is 4.79 Å². The van der Waals surface area contributed by atoms with Crippen LogP contribution in [0.2, 0.25) is 5.02 Å². The van der Waals surface area contributed by atoms with Crippen molar-refractivity contribution in [1.29, 1.82) is 0 Å². The number of nitrogens with zero attached hydrogens (tertiary/aromatic N) is 2. The number of halogens is 1. The number of benzene rings is 2. The van der Waals surface area contributed by atoms with Gasteiger partial charge in [0.15, 0.2) is 0 Å². The molecule has 24 heavy (non-hydrogen) atoms. The van der Waals surface area contributed by atoms with Gasteiger partial charge in [0.05, 0.1) is 17.4 Å². The van der Waals surface area contributed by atoms with Crippen LogP contribution < -0.4 is 10.9 Å². The lowest BCUT2D eigenvalue weighted by Gasteiger charge is -2.15. The molecular formula is C19H20ClN3O. The van der Waals surface area contributed by atoms with Gasteiger partial charge in [-0.25, -0.2) is 4.68 Å². The predicted molar refractivity (Wildman–Crippen MR) is 99.2 cm³/mol. The smallest absolute Gasteiger partial charge is 0.295 e. The Bertz CT molecular complexity index is 912. The van der Waals surface area contributed by atoms with Gasteiger partial charge in [0.2, 0.25) is 0 Å². The van der Waals surface area contributed by atoms with E-state index in [1.54, 1.807) is 4.68 Å². The quantitative estimate of drug-likeness (QED) is 0.768. The van der Waals surface area contributed by atoms with Crippen LogP contribution in [0.1, 0.15) is 24.2 Å². The Hall–Kier alpha value is -2.46. The predicted octanol–water partition coefficient (Wildman–Crippen LogP) is 4.31. The average molecular weight is 342 g/mol. The lowest BCUT2D eigenvalue weighted by atomic mass is 10.1. The van der Waals surface area contributed by atoms with Crippen LogP contribution in [0.15, 0.2) is 59.4 Å². The molecular weight excluding hydrogens is 322 g/mol. The van der Waals surface area contributed by atoms with Crippen LogP contribution in [0.4, 0.5) is 5.69 Å². The van der Waals surface area contributed by atoms with Gasteiger partial charge < -0.3 is 5.32 Å². The molecule has 1 heterocycles. The van der Waals surface area contributed by atoms with E-state index in [0.717, 1.165) is 16.9 Å². The molecule has 3 aromatic rings. The molecule has 124 valence electrons. The van der Waals surface area contributed by atoms with Crippen molar-refractivity contribution in [1.82, 2.24) is 9.36 Å². The second-order valence-electron chi connectivity index (χ2n) is 5.82. The number of para-hydroxylation sites is 1. The Morgan fingerprint density at radius 3 is 2.33 bits per heavy atom. The highest BCUT2D eigenvalue weighted by Gasteiger charge is 2.18. The third-order valence-corrected chi connectivity index (χ3v) is 4.63. The molecule has 0 radical (unpaired) electrons. The molecule has 1 atom stereocenters. The topological polar surface area (TPSA) is 39.0 Å². The summed E-state index contributed by atoms with van der Waals surface area (Å²) in [7, 11) is 1.88. The van der Waals surface area contributed by atoms with Gasteiger partial charge >= 0.3 is 0 Å². The van der Waals surface area contributed by atoms with E-state index in [1.807, 2.05) is 80.2 Å². The first-order valence-electron chi connectivity index (χ1n) is 7.85. The van der Waals surface area contributed by atoms with Gasteiger partial charge in [-0.05, 0) is 37.6 Å². The Morgan fingerprint density at radius 1 is 1.04 bits per heavy atom. The Kier molecular flexibility index (Phi) is 4.49. The molecule has 0 aliphatic heterocycles. The standard InChI is InChI=1S/C19H20ClN3O/c1-13(16-11-7-8-12-17(16)20)21-18-14(2)22(3)23(19(18)24)15-9-5-4-6-10-15/h4-13,21H,1-3H3. The molecule has 0 bridgehead atoms. The van der Waals surface area contributed by atoms with E-state index >= 15 is 0 Å². The summed E-state index contributed by atoms with van der Waals surface area (Å²) in [4.78, 5) is 12.9. The fraction of sp³-hybridized carbons (Fsp3) is 0.211. The first-order valence-corrected chi connectivity index (χ1v) is 8.23. The van der Waals surface area contributed by atoms with Crippen LogP contribution in [0.5, 0.6) is 0 Å². The van der Waals surface area contributed by atoms with Crippen LogP contribution in [-0.4, -0.2) is 9.36 Å². The van der Waals surface area contributed by atoms with Crippen LogP contribution in [0, 0.1) is 6.92 Å². The summed E-state index contributed by atoms with van der Waals surface area (Å²) in [5.41, 5.74) is 3.20. The molecule has 0 saturated heterocycles. The first-order chi connectivity index (χ1) is 11.5. The van der Waals surface area contributed by atoms with Crippen molar-refractivity contribution in [2.45, 2.75) is 19.9 Å². The van der Waals surface area contributed by atoms with Crippen molar-refractivity contribution in [3.05, 3.63) is 81.2 Å². The molecule has 1 unspecified atom stereocenters. The lowest BCUT2D eigenvalue weighted by Crippen LogP contribution is -2.21. The summed E-state index contributed by atoms with van der Waals surface area (Å²) in [5.74, 6) is 0. The molecule has 3 rings (SSSR count). The highest BCUT2D eigenvalue weighted by atomic mass is 35.5. The minimum absolute atomic E-state index is 0.0693. The molecule has 1 N–H and O–H groups in total. The third-order valence-electron chi connectivity index (χ3n) is 4.29. The zero-order valence-electron chi connectivity index (χ0n) is 14.0. The Balaban J connectivity index is 2.01. The number of hydrogen-bond acceptors (Lipinski definition) is 2. The minimum atomic E-state index is -0.0725. The van der Waals surface area contributed by atoms with Gasteiger partial charge in [-0.1, -0.05) is 48.0 Å². The van der Waals surface area contributed by atoms with Gasteiger partial charge in [-0.2, -0.15) is 0 Å². The normalized spacial score (nSPS) is 12.2. The fourth-order valence-corrected chi connectivity index (χ4v) is 3.15. The SMILES string of the molecule is Cc1c(NC(C)c2ccccc2Cl)c(=O)n(-c2ccccc2)n1C. The molecule has 2 aromatic carbocycles. The van der Waals surface area contributed by atoms with E-state index in [2.05, 4.69) is 5.32 Å². The van der Waals surface area contributed by atoms with Crippen LogP contribution >= 0.6 is 11.6 Å². The fourth-order valence-electron chi connectivity index (χ4n) is 2.86. The second kappa shape index (κ2) is 6.57. The Morgan fingerprint density at radius 2 is 1.67 bits per heavy atom. The number of rotatable bonds is 4. The molecule has 1 aromatic heterocycles. The van der Waals surface area contributed by atoms with E-state index in [0.29, 0.717) is 10.7 Å². The van der Waals surface area contributed by atoms with Crippen LogP contribution in [0.25, 0.3) is 5.69 Å². The third kappa shape index (κ3) is 2.85. The molecule has 0 saturated carbocycles. The summed E-state index contributed by atoms with van der Waals surface area (Å²) in [6, 6.07) is 17.2. The maximum Gasteiger partial charge on any atom is 0.295 e. The lowest BCUT2D eigenvalue weighted by molar-refractivity contribution is 0.630. The van der Waals surface area contributed by atoms with Crippen molar-refractivity contribution in [3.63, 3.8) is 0 Å². The summed E-state index contributed by atoms with van der Waals surface area (Å²) in [6.07, 6.45) is 0. The van der Waals surface area contributed by atoms with Crippen LogP contribution in [-0.2, 0) is 7.05 Å². The maximum atomic E-state index is 12.9. The van der Waals surface area contributed by atoms with E-state index < -0.39 is 0 Å².